The van der Waals surface area contributed by atoms with E-state index in [-0.39, 0.29) is 11.4 Å². The molecule has 6 nitrogen and oxygen atoms in total. The lowest BCUT2D eigenvalue weighted by Crippen LogP contribution is -2.26. The van der Waals surface area contributed by atoms with E-state index < -0.39 is 10.0 Å². The summed E-state index contributed by atoms with van der Waals surface area (Å²) in [5.74, 6) is 0.631. The second-order valence-corrected chi connectivity index (χ2v) is 8.21. The second-order valence-electron chi connectivity index (χ2n) is 6.16. The Morgan fingerprint density at radius 2 is 1.88 bits per heavy atom. The zero-order chi connectivity index (χ0) is 17.2. The largest absolute Gasteiger partial charge is 0.497 e. The topological polar surface area (TPSA) is 64.4 Å². The summed E-state index contributed by atoms with van der Waals surface area (Å²) in [6.07, 6.45) is 6.75. The smallest absolute Gasteiger partial charge is 0.243 e. The fraction of sp³-hybridized carbons (Fsp3) is 0.471. The van der Waals surface area contributed by atoms with Crippen LogP contribution in [0.25, 0.3) is 0 Å². The van der Waals surface area contributed by atoms with Crippen molar-refractivity contribution in [3.05, 3.63) is 42.2 Å². The number of ether oxygens (including phenoxy) is 1. The monoisotopic (exact) mass is 349 g/mol. The first-order valence-electron chi connectivity index (χ1n) is 8.15. The molecule has 1 fully saturated rings. The minimum absolute atomic E-state index is 0.251. The van der Waals surface area contributed by atoms with E-state index in [0.717, 1.165) is 18.5 Å². The van der Waals surface area contributed by atoms with Crippen LogP contribution in [0.15, 0.2) is 41.4 Å². The van der Waals surface area contributed by atoms with Crippen molar-refractivity contribution in [2.75, 3.05) is 14.2 Å². The molecule has 0 unspecified atom stereocenters. The quantitative estimate of drug-likeness (QED) is 0.804. The zero-order valence-electron chi connectivity index (χ0n) is 14.1. The highest BCUT2D eigenvalue weighted by molar-refractivity contribution is 7.89. The lowest BCUT2D eigenvalue weighted by molar-refractivity contribution is 0.414. The van der Waals surface area contributed by atoms with Crippen LogP contribution in [0.5, 0.6) is 5.75 Å². The van der Waals surface area contributed by atoms with Gasteiger partial charge in [-0.2, -0.15) is 9.40 Å². The van der Waals surface area contributed by atoms with Crippen molar-refractivity contribution in [3.63, 3.8) is 0 Å². The van der Waals surface area contributed by atoms with Crippen molar-refractivity contribution in [3.8, 4) is 5.75 Å². The predicted octanol–water partition coefficient (Wildman–Crippen LogP) is 2.83. The van der Waals surface area contributed by atoms with E-state index in [1.54, 1.807) is 38.4 Å². The molecule has 1 aliphatic rings. The predicted molar refractivity (Wildman–Crippen MR) is 91.4 cm³/mol. The summed E-state index contributed by atoms with van der Waals surface area (Å²) in [5.41, 5.74) is 0.765. The molecule has 0 amide bonds. The number of rotatable bonds is 6. The van der Waals surface area contributed by atoms with Gasteiger partial charge in [0, 0.05) is 13.2 Å². The Balaban J connectivity index is 1.71. The maximum absolute atomic E-state index is 12.6. The van der Waals surface area contributed by atoms with Crippen molar-refractivity contribution >= 4 is 10.0 Å². The summed E-state index contributed by atoms with van der Waals surface area (Å²) in [6.45, 7) is 0.258. The van der Waals surface area contributed by atoms with Crippen LogP contribution >= 0.6 is 0 Å². The molecular formula is C17H23N3O3S. The molecule has 130 valence electrons. The Hall–Kier alpha value is -1.86. The zero-order valence-corrected chi connectivity index (χ0v) is 14.9. The van der Waals surface area contributed by atoms with Crippen LogP contribution in [-0.4, -0.2) is 36.7 Å². The van der Waals surface area contributed by atoms with E-state index in [4.69, 9.17) is 4.74 Å². The molecule has 1 saturated carbocycles. The van der Waals surface area contributed by atoms with Crippen molar-refractivity contribution in [2.45, 2.75) is 43.2 Å². The molecule has 0 radical (unpaired) electrons. The number of methoxy groups -OCH3 is 1. The van der Waals surface area contributed by atoms with E-state index in [1.165, 1.54) is 17.1 Å². The summed E-state index contributed by atoms with van der Waals surface area (Å²) >= 11 is 0. The molecular weight excluding hydrogens is 326 g/mol. The Morgan fingerprint density at radius 3 is 2.50 bits per heavy atom. The molecule has 1 heterocycles. The van der Waals surface area contributed by atoms with Crippen LogP contribution in [0, 0.1) is 0 Å². The summed E-state index contributed by atoms with van der Waals surface area (Å²) in [6, 6.07) is 8.77. The molecule has 0 aliphatic heterocycles. The molecule has 0 atom stereocenters. The van der Waals surface area contributed by atoms with Crippen molar-refractivity contribution in [1.29, 1.82) is 0 Å². The number of sulfonamides is 1. The molecule has 24 heavy (non-hydrogen) atoms. The molecule has 1 aromatic heterocycles. The normalized spacial score (nSPS) is 16.0. The first-order chi connectivity index (χ1) is 11.5. The molecule has 1 aromatic carbocycles. The van der Waals surface area contributed by atoms with E-state index in [9.17, 15) is 8.42 Å². The van der Waals surface area contributed by atoms with Gasteiger partial charge in [-0.05, 0) is 43.2 Å². The highest BCUT2D eigenvalue weighted by Gasteiger charge is 2.23. The Labute approximate surface area is 143 Å². The van der Waals surface area contributed by atoms with E-state index in [0.29, 0.717) is 11.8 Å². The highest BCUT2D eigenvalue weighted by atomic mass is 32.2. The van der Waals surface area contributed by atoms with Crippen LogP contribution in [0.3, 0.4) is 0 Å². The van der Waals surface area contributed by atoms with Gasteiger partial charge in [-0.15, -0.1) is 0 Å². The molecule has 2 aromatic rings. The second kappa shape index (κ2) is 6.94. The van der Waals surface area contributed by atoms with Crippen LogP contribution in [0.2, 0.25) is 0 Å². The minimum atomic E-state index is -3.54. The first-order valence-corrected chi connectivity index (χ1v) is 9.59. The third-order valence-electron chi connectivity index (χ3n) is 4.51. The van der Waals surface area contributed by atoms with Crippen LogP contribution in [-0.2, 0) is 16.6 Å². The van der Waals surface area contributed by atoms with Gasteiger partial charge in [-0.3, -0.25) is 4.68 Å². The minimum Gasteiger partial charge on any atom is -0.497 e. The Bertz CT molecular complexity index is 778. The van der Waals surface area contributed by atoms with Gasteiger partial charge in [-0.1, -0.05) is 12.8 Å². The first kappa shape index (κ1) is 17.0. The Kier molecular flexibility index (Phi) is 4.91. The van der Waals surface area contributed by atoms with Crippen molar-refractivity contribution < 1.29 is 13.2 Å². The molecule has 7 heteroatoms. The number of aromatic nitrogens is 2. The van der Waals surface area contributed by atoms with Crippen molar-refractivity contribution in [1.82, 2.24) is 14.1 Å². The summed E-state index contributed by atoms with van der Waals surface area (Å²) in [4.78, 5) is 0.251. The van der Waals surface area contributed by atoms with Gasteiger partial charge >= 0.3 is 0 Å². The lowest BCUT2D eigenvalue weighted by Gasteiger charge is -2.16. The maximum Gasteiger partial charge on any atom is 0.243 e. The van der Waals surface area contributed by atoms with Crippen LogP contribution in [0.4, 0.5) is 0 Å². The maximum atomic E-state index is 12.6. The SMILES string of the molecule is COc1ccc(S(=O)(=O)N(C)Cc2ccn(C3CCCC3)n2)cc1. The molecule has 0 N–H and O–H groups in total. The van der Waals surface area contributed by atoms with Gasteiger partial charge in [-0.25, -0.2) is 8.42 Å². The van der Waals surface area contributed by atoms with Gasteiger partial charge in [0.05, 0.1) is 30.3 Å². The van der Waals surface area contributed by atoms with Crippen molar-refractivity contribution in [2.24, 2.45) is 0 Å². The van der Waals surface area contributed by atoms with Crippen LogP contribution < -0.4 is 4.74 Å². The van der Waals surface area contributed by atoms with Gasteiger partial charge in [0.15, 0.2) is 0 Å². The summed E-state index contributed by atoms with van der Waals surface area (Å²) in [7, 11) is -0.414. The number of nitrogens with zero attached hydrogens (tertiary/aromatic N) is 3. The third kappa shape index (κ3) is 3.47. The molecule has 0 spiro atoms. The third-order valence-corrected chi connectivity index (χ3v) is 6.33. The number of benzene rings is 1. The highest BCUT2D eigenvalue weighted by Crippen LogP contribution is 2.29. The van der Waals surface area contributed by atoms with Gasteiger partial charge in [0.1, 0.15) is 5.75 Å². The molecule has 0 bridgehead atoms. The number of hydrogen-bond acceptors (Lipinski definition) is 4. The average molecular weight is 349 g/mol. The van der Waals surface area contributed by atoms with E-state index in [2.05, 4.69) is 5.10 Å². The summed E-state index contributed by atoms with van der Waals surface area (Å²) in [5, 5.41) is 4.56. The van der Waals surface area contributed by atoms with Gasteiger partial charge < -0.3 is 4.74 Å². The molecule has 0 saturated heterocycles. The van der Waals surface area contributed by atoms with E-state index in [1.807, 2.05) is 16.9 Å². The van der Waals surface area contributed by atoms with Gasteiger partial charge in [0.2, 0.25) is 10.0 Å². The van der Waals surface area contributed by atoms with E-state index >= 15 is 0 Å². The van der Waals surface area contributed by atoms with Gasteiger partial charge in [0.25, 0.3) is 0 Å². The fourth-order valence-electron chi connectivity index (χ4n) is 3.07. The summed E-state index contributed by atoms with van der Waals surface area (Å²) < 4.78 is 33.7. The number of hydrogen-bond donors (Lipinski definition) is 0. The Morgan fingerprint density at radius 1 is 1.21 bits per heavy atom. The lowest BCUT2D eigenvalue weighted by atomic mass is 10.3. The molecule has 1 aliphatic carbocycles. The average Bonchev–Trinajstić information content (AvgIpc) is 3.26. The fourth-order valence-corrected chi connectivity index (χ4v) is 4.22. The van der Waals surface area contributed by atoms with Crippen LogP contribution in [0.1, 0.15) is 37.4 Å². The standard InChI is InChI=1S/C17H23N3O3S/c1-19(24(21,22)17-9-7-16(23-2)8-10-17)13-14-11-12-20(18-14)15-5-3-4-6-15/h7-12,15H,3-6,13H2,1-2H3. The molecule has 3 rings (SSSR count).